The summed E-state index contributed by atoms with van der Waals surface area (Å²) in [6.45, 7) is 9.33. The van der Waals surface area contributed by atoms with Crippen molar-refractivity contribution < 1.29 is 0 Å². The SMILES string of the molecule is CCC(CC(CC(C)(C)C)c1ccccc1)c1ccncc1. The van der Waals surface area contributed by atoms with Crippen LogP contribution in [0.2, 0.25) is 0 Å². The van der Waals surface area contributed by atoms with E-state index in [2.05, 4.69) is 75.1 Å². The first-order chi connectivity index (χ1) is 10.5. The number of hydrogen-bond donors (Lipinski definition) is 0. The topological polar surface area (TPSA) is 12.9 Å². The molecule has 1 aromatic heterocycles. The van der Waals surface area contributed by atoms with Crippen LogP contribution < -0.4 is 0 Å². The van der Waals surface area contributed by atoms with Gasteiger partial charge in [0.1, 0.15) is 0 Å². The van der Waals surface area contributed by atoms with Crippen LogP contribution in [0.1, 0.15) is 69.9 Å². The number of aromatic nitrogens is 1. The molecule has 0 radical (unpaired) electrons. The maximum atomic E-state index is 4.16. The molecule has 0 saturated carbocycles. The molecule has 0 aliphatic carbocycles. The van der Waals surface area contributed by atoms with Gasteiger partial charge in [-0.05, 0) is 59.8 Å². The second kappa shape index (κ2) is 7.58. The molecule has 1 nitrogen and oxygen atoms in total. The van der Waals surface area contributed by atoms with E-state index < -0.39 is 0 Å². The zero-order valence-electron chi connectivity index (χ0n) is 14.4. The molecule has 2 atom stereocenters. The largest absolute Gasteiger partial charge is 0.265 e. The molecule has 2 unspecified atom stereocenters. The maximum absolute atomic E-state index is 4.16. The number of hydrogen-bond acceptors (Lipinski definition) is 1. The lowest BCUT2D eigenvalue weighted by Gasteiger charge is -2.29. The molecule has 0 fully saturated rings. The Kier molecular flexibility index (Phi) is 5.76. The molecule has 0 saturated heterocycles. The van der Waals surface area contributed by atoms with Crippen LogP contribution in [-0.2, 0) is 0 Å². The predicted molar refractivity (Wildman–Crippen MR) is 95.1 cm³/mol. The van der Waals surface area contributed by atoms with E-state index in [4.69, 9.17) is 0 Å². The Morgan fingerprint density at radius 1 is 0.864 bits per heavy atom. The summed E-state index contributed by atoms with van der Waals surface area (Å²) in [6.07, 6.45) is 7.44. The van der Waals surface area contributed by atoms with E-state index in [1.54, 1.807) is 0 Å². The van der Waals surface area contributed by atoms with E-state index in [0.29, 0.717) is 17.3 Å². The molecule has 22 heavy (non-hydrogen) atoms. The van der Waals surface area contributed by atoms with Gasteiger partial charge < -0.3 is 0 Å². The maximum Gasteiger partial charge on any atom is 0.0270 e. The van der Waals surface area contributed by atoms with Crippen LogP contribution in [0.15, 0.2) is 54.9 Å². The molecule has 1 aromatic carbocycles. The molecule has 0 aliphatic rings. The highest BCUT2D eigenvalue weighted by atomic mass is 14.6. The number of pyridine rings is 1. The van der Waals surface area contributed by atoms with E-state index in [1.165, 1.54) is 30.4 Å². The Labute approximate surface area is 135 Å². The van der Waals surface area contributed by atoms with Gasteiger partial charge >= 0.3 is 0 Å². The van der Waals surface area contributed by atoms with E-state index >= 15 is 0 Å². The highest BCUT2D eigenvalue weighted by molar-refractivity contribution is 5.22. The Morgan fingerprint density at radius 2 is 1.45 bits per heavy atom. The lowest BCUT2D eigenvalue weighted by atomic mass is 9.76. The first kappa shape index (κ1) is 16.7. The number of benzene rings is 1. The Bertz CT molecular complexity index is 539. The van der Waals surface area contributed by atoms with E-state index in [1.807, 2.05) is 12.4 Å². The Morgan fingerprint density at radius 3 is 2.00 bits per heavy atom. The minimum atomic E-state index is 0.344. The molecule has 118 valence electrons. The quantitative estimate of drug-likeness (QED) is 0.619. The van der Waals surface area contributed by atoms with Crippen molar-refractivity contribution in [3.8, 4) is 0 Å². The average Bonchev–Trinajstić information content (AvgIpc) is 2.52. The van der Waals surface area contributed by atoms with E-state index in [-0.39, 0.29) is 0 Å². The molecular formula is C21H29N. The smallest absolute Gasteiger partial charge is 0.0270 e. The molecule has 0 spiro atoms. The summed E-state index contributed by atoms with van der Waals surface area (Å²) in [4.78, 5) is 4.16. The van der Waals surface area contributed by atoms with Crippen LogP contribution in [0.4, 0.5) is 0 Å². The first-order valence-electron chi connectivity index (χ1n) is 8.44. The minimum Gasteiger partial charge on any atom is -0.265 e. The van der Waals surface area contributed by atoms with Crippen LogP contribution in [0.25, 0.3) is 0 Å². The monoisotopic (exact) mass is 295 g/mol. The van der Waals surface area contributed by atoms with Crippen LogP contribution >= 0.6 is 0 Å². The first-order valence-corrected chi connectivity index (χ1v) is 8.44. The molecule has 1 heterocycles. The zero-order valence-corrected chi connectivity index (χ0v) is 14.4. The lowest BCUT2D eigenvalue weighted by molar-refractivity contribution is 0.319. The van der Waals surface area contributed by atoms with Crippen molar-refractivity contribution in [2.75, 3.05) is 0 Å². The summed E-state index contributed by atoms with van der Waals surface area (Å²) in [7, 11) is 0. The van der Waals surface area contributed by atoms with Gasteiger partial charge in [-0.3, -0.25) is 4.98 Å². The van der Waals surface area contributed by atoms with Gasteiger partial charge in [0, 0.05) is 12.4 Å². The normalized spacial score (nSPS) is 14.5. The van der Waals surface area contributed by atoms with Gasteiger partial charge in [-0.1, -0.05) is 58.0 Å². The third kappa shape index (κ3) is 4.98. The molecule has 0 aliphatic heterocycles. The van der Waals surface area contributed by atoms with Crippen molar-refractivity contribution in [1.82, 2.24) is 4.98 Å². The van der Waals surface area contributed by atoms with Gasteiger partial charge in [0.15, 0.2) is 0 Å². The fourth-order valence-electron chi connectivity index (χ4n) is 3.32. The van der Waals surface area contributed by atoms with Crippen LogP contribution in [0.5, 0.6) is 0 Å². The Balaban J connectivity index is 2.21. The summed E-state index contributed by atoms with van der Waals surface area (Å²) in [5, 5.41) is 0. The highest BCUT2D eigenvalue weighted by Crippen LogP contribution is 2.39. The van der Waals surface area contributed by atoms with Crippen molar-refractivity contribution in [3.05, 3.63) is 66.0 Å². The summed E-state index contributed by atoms with van der Waals surface area (Å²) in [5.74, 6) is 1.22. The number of nitrogens with zero attached hydrogens (tertiary/aromatic N) is 1. The summed E-state index contributed by atoms with van der Waals surface area (Å²) < 4.78 is 0. The van der Waals surface area contributed by atoms with Crippen molar-refractivity contribution in [2.45, 2.75) is 58.8 Å². The fraction of sp³-hybridized carbons (Fsp3) is 0.476. The van der Waals surface area contributed by atoms with Crippen molar-refractivity contribution in [2.24, 2.45) is 5.41 Å². The third-order valence-electron chi connectivity index (χ3n) is 4.37. The second-order valence-electron chi connectivity index (χ2n) is 7.49. The van der Waals surface area contributed by atoms with Gasteiger partial charge in [0.25, 0.3) is 0 Å². The predicted octanol–water partition coefficient (Wildman–Crippen LogP) is 6.19. The van der Waals surface area contributed by atoms with Crippen LogP contribution in [0.3, 0.4) is 0 Å². The molecule has 1 heteroatoms. The third-order valence-corrected chi connectivity index (χ3v) is 4.37. The average molecular weight is 295 g/mol. The summed E-state index contributed by atoms with van der Waals surface area (Å²) >= 11 is 0. The molecule has 0 N–H and O–H groups in total. The molecule has 2 aromatic rings. The molecule has 0 amide bonds. The van der Waals surface area contributed by atoms with Gasteiger partial charge in [0.05, 0.1) is 0 Å². The van der Waals surface area contributed by atoms with Gasteiger partial charge in [-0.2, -0.15) is 0 Å². The van der Waals surface area contributed by atoms with E-state index in [0.717, 1.165) is 0 Å². The number of rotatable bonds is 6. The van der Waals surface area contributed by atoms with Gasteiger partial charge in [-0.25, -0.2) is 0 Å². The van der Waals surface area contributed by atoms with Crippen LogP contribution in [0, 0.1) is 5.41 Å². The minimum absolute atomic E-state index is 0.344. The standard InChI is InChI=1S/C21H29N/c1-5-17(19-11-13-22-14-12-19)15-20(16-21(2,3)4)18-9-7-6-8-10-18/h6-14,17,20H,5,15-16H2,1-4H3. The van der Waals surface area contributed by atoms with Crippen molar-refractivity contribution in [1.29, 1.82) is 0 Å². The fourth-order valence-corrected chi connectivity index (χ4v) is 3.32. The molecular weight excluding hydrogens is 266 g/mol. The summed E-state index contributed by atoms with van der Waals surface area (Å²) in [5.41, 5.74) is 3.24. The van der Waals surface area contributed by atoms with Crippen molar-refractivity contribution >= 4 is 0 Å². The molecule has 0 bridgehead atoms. The van der Waals surface area contributed by atoms with Crippen LogP contribution in [-0.4, -0.2) is 4.98 Å². The second-order valence-corrected chi connectivity index (χ2v) is 7.49. The lowest BCUT2D eigenvalue weighted by Crippen LogP contribution is -2.15. The highest BCUT2D eigenvalue weighted by Gasteiger charge is 2.23. The molecule has 2 rings (SSSR count). The van der Waals surface area contributed by atoms with Crippen molar-refractivity contribution in [3.63, 3.8) is 0 Å². The zero-order chi connectivity index (χ0) is 16.0. The van der Waals surface area contributed by atoms with Gasteiger partial charge in [0.2, 0.25) is 0 Å². The van der Waals surface area contributed by atoms with E-state index in [9.17, 15) is 0 Å². The van der Waals surface area contributed by atoms with Gasteiger partial charge in [-0.15, -0.1) is 0 Å². The summed E-state index contributed by atoms with van der Waals surface area (Å²) in [6, 6.07) is 15.4. The Hall–Kier alpha value is -1.63.